The number of hydrogen-bond donors (Lipinski definition) is 1. The molecular weight excluding hydrogens is 396 g/mol. The molecule has 4 rings (SSSR count). The predicted molar refractivity (Wildman–Crippen MR) is 130 cm³/mol. The van der Waals surface area contributed by atoms with Crippen LogP contribution in [0.3, 0.4) is 0 Å². The van der Waals surface area contributed by atoms with Crippen molar-refractivity contribution in [2.75, 3.05) is 6.61 Å². The van der Waals surface area contributed by atoms with Gasteiger partial charge in [0.05, 0.1) is 12.3 Å². The lowest BCUT2D eigenvalue weighted by Gasteiger charge is -2.10. The maximum absolute atomic E-state index is 11.8. The Bertz CT molecular complexity index is 1100. The van der Waals surface area contributed by atoms with Gasteiger partial charge in [0.25, 0.3) is 0 Å². The third-order valence-corrected chi connectivity index (χ3v) is 5.07. The van der Waals surface area contributed by atoms with Gasteiger partial charge in [0.1, 0.15) is 0 Å². The zero-order valence-electron chi connectivity index (χ0n) is 17.9. The van der Waals surface area contributed by atoms with Gasteiger partial charge in [-0.15, -0.1) is 0 Å². The molecule has 0 unspecified atom stereocenters. The Hall–Kier alpha value is -4.18. The van der Waals surface area contributed by atoms with E-state index >= 15 is 0 Å². The van der Waals surface area contributed by atoms with E-state index in [1.165, 1.54) is 0 Å². The van der Waals surface area contributed by atoms with E-state index in [-0.39, 0.29) is 6.61 Å². The minimum atomic E-state index is -0.577. The zero-order chi connectivity index (χ0) is 22.2. The molecule has 0 aliphatic rings. The minimum Gasteiger partial charge on any atom is -0.449 e. The molecule has 4 aromatic carbocycles. The van der Waals surface area contributed by atoms with Crippen molar-refractivity contribution in [2.24, 2.45) is 5.10 Å². The second kappa shape index (κ2) is 10.2. The van der Waals surface area contributed by atoms with E-state index in [4.69, 9.17) is 4.74 Å². The summed E-state index contributed by atoms with van der Waals surface area (Å²) in [5.41, 5.74) is 9.49. The molecule has 1 amide bonds. The fourth-order valence-corrected chi connectivity index (χ4v) is 3.46. The molecule has 0 aliphatic carbocycles. The molecule has 4 nitrogen and oxygen atoms in total. The zero-order valence-corrected chi connectivity index (χ0v) is 17.9. The van der Waals surface area contributed by atoms with Crippen LogP contribution in [0, 0.1) is 0 Å². The normalized spacial score (nSPS) is 10.3. The van der Waals surface area contributed by atoms with Gasteiger partial charge < -0.3 is 4.74 Å². The van der Waals surface area contributed by atoms with Crippen LogP contribution in [0.25, 0.3) is 22.3 Å². The second-order valence-electron chi connectivity index (χ2n) is 7.18. The summed E-state index contributed by atoms with van der Waals surface area (Å²) in [6.07, 6.45) is -0.577. The highest BCUT2D eigenvalue weighted by molar-refractivity contribution is 6.13. The van der Waals surface area contributed by atoms with Gasteiger partial charge in [-0.25, -0.2) is 10.2 Å². The number of nitrogens with one attached hydrogen (secondary N) is 1. The number of hydrazone groups is 1. The fourth-order valence-electron chi connectivity index (χ4n) is 3.46. The van der Waals surface area contributed by atoms with Gasteiger partial charge in [0, 0.05) is 11.1 Å². The van der Waals surface area contributed by atoms with Gasteiger partial charge in [0.15, 0.2) is 0 Å². The first-order valence-corrected chi connectivity index (χ1v) is 10.6. The summed E-state index contributed by atoms with van der Waals surface area (Å²) in [6.45, 7) is 2.04. The third-order valence-electron chi connectivity index (χ3n) is 5.07. The van der Waals surface area contributed by atoms with Crippen LogP contribution in [0.2, 0.25) is 0 Å². The Morgan fingerprint density at radius 3 is 1.47 bits per heavy atom. The van der Waals surface area contributed by atoms with Crippen molar-refractivity contribution in [1.82, 2.24) is 5.43 Å². The molecular formula is C28H24N2O2. The molecule has 0 saturated carbocycles. The Morgan fingerprint density at radius 2 is 1.06 bits per heavy atom. The smallest absolute Gasteiger partial charge is 0.427 e. The van der Waals surface area contributed by atoms with Crippen LogP contribution in [0.15, 0.2) is 114 Å². The van der Waals surface area contributed by atoms with E-state index in [1.807, 2.05) is 60.7 Å². The maximum atomic E-state index is 11.8. The number of rotatable bonds is 6. The first kappa shape index (κ1) is 21.1. The van der Waals surface area contributed by atoms with Gasteiger partial charge in [-0.1, -0.05) is 109 Å². The molecule has 4 heteroatoms. The number of benzene rings is 4. The Labute approximate surface area is 188 Å². The largest absolute Gasteiger partial charge is 0.449 e. The van der Waals surface area contributed by atoms with E-state index in [9.17, 15) is 4.79 Å². The molecule has 0 fully saturated rings. The van der Waals surface area contributed by atoms with Crippen LogP contribution in [0.4, 0.5) is 4.79 Å². The Kier molecular flexibility index (Phi) is 6.73. The standard InChI is InChI=1S/C28H24N2O2/c1-2-32-28(31)30-29-27(25-17-13-23(14-18-25)21-9-5-3-6-10-21)26-19-15-24(16-20-26)22-11-7-4-8-12-22/h3-20H,2H2,1H3,(H,30,31). The predicted octanol–water partition coefficient (Wildman–Crippen LogP) is 6.52. The van der Waals surface area contributed by atoms with E-state index in [0.717, 1.165) is 33.4 Å². The second-order valence-corrected chi connectivity index (χ2v) is 7.18. The number of nitrogens with zero attached hydrogens (tertiary/aromatic N) is 1. The summed E-state index contributed by atoms with van der Waals surface area (Å²) in [7, 11) is 0. The molecule has 0 aliphatic heterocycles. The average Bonchev–Trinajstić information content (AvgIpc) is 2.86. The molecule has 4 aromatic rings. The summed E-state index contributed by atoms with van der Waals surface area (Å²) in [6, 6.07) is 36.7. The van der Waals surface area contributed by atoms with E-state index in [0.29, 0.717) is 5.71 Å². The Morgan fingerprint density at radius 1 is 0.656 bits per heavy atom. The monoisotopic (exact) mass is 420 g/mol. The molecule has 158 valence electrons. The first-order valence-electron chi connectivity index (χ1n) is 10.6. The van der Waals surface area contributed by atoms with Crippen molar-refractivity contribution >= 4 is 11.8 Å². The number of carbonyl (C=O) groups is 1. The summed E-state index contributed by atoms with van der Waals surface area (Å²) >= 11 is 0. The van der Waals surface area contributed by atoms with E-state index in [1.54, 1.807) is 6.92 Å². The lowest BCUT2D eigenvalue weighted by Crippen LogP contribution is -2.21. The first-order chi connectivity index (χ1) is 15.7. The summed E-state index contributed by atoms with van der Waals surface area (Å²) in [4.78, 5) is 11.8. The van der Waals surface area contributed by atoms with Crippen LogP contribution >= 0.6 is 0 Å². The molecule has 32 heavy (non-hydrogen) atoms. The number of amides is 1. The van der Waals surface area contributed by atoms with Gasteiger partial charge in [0.2, 0.25) is 0 Å². The van der Waals surface area contributed by atoms with E-state index in [2.05, 4.69) is 59.1 Å². The van der Waals surface area contributed by atoms with Crippen molar-refractivity contribution in [1.29, 1.82) is 0 Å². The number of hydrogen-bond acceptors (Lipinski definition) is 3. The van der Waals surface area contributed by atoms with Crippen molar-refractivity contribution in [3.63, 3.8) is 0 Å². The van der Waals surface area contributed by atoms with Crippen molar-refractivity contribution in [2.45, 2.75) is 6.92 Å². The lowest BCUT2D eigenvalue weighted by atomic mass is 9.97. The lowest BCUT2D eigenvalue weighted by molar-refractivity contribution is 0.152. The Balaban J connectivity index is 1.66. The van der Waals surface area contributed by atoms with Gasteiger partial charge >= 0.3 is 6.09 Å². The topological polar surface area (TPSA) is 50.7 Å². The quantitative estimate of drug-likeness (QED) is 0.285. The molecule has 0 radical (unpaired) electrons. The highest BCUT2D eigenvalue weighted by atomic mass is 16.5. The molecule has 1 N–H and O–H groups in total. The van der Waals surface area contributed by atoms with Crippen molar-refractivity contribution in [3.05, 3.63) is 120 Å². The minimum absolute atomic E-state index is 0.286. The summed E-state index contributed by atoms with van der Waals surface area (Å²) < 4.78 is 4.96. The third kappa shape index (κ3) is 5.10. The summed E-state index contributed by atoms with van der Waals surface area (Å²) in [5.74, 6) is 0. The van der Waals surface area contributed by atoms with Crippen LogP contribution in [0.5, 0.6) is 0 Å². The molecule has 0 aromatic heterocycles. The van der Waals surface area contributed by atoms with Crippen LogP contribution < -0.4 is 5.43 Å². The van der Waals surface area contributed by atoms with Crippen molar-refractivity contribution in [3.8, 4) is 22.3 Å². The SMILES string of the molecule is CCOC(=O)NN=C(c1ccc(-c2ccccc2)cc1)c1ccc(-c2ccccc2)cc1. The molecule has 0 saturated heterocycles. The molecule has 0 heterocycles. The van der Waals surface area contributed by atoms with Crippen LogP contribution in [0.1, 0.15) is 18.1 Å². The maximum Gasteiger partial charge on any atom is 0.427 e. The molecule has 0 spiro atoms. The fraction of sp³-hybridized carbons (Fsp3) is 0.0714. The average molecular weight is 421 g/mol. The summed E-state index contributed by atoms with van der Waals surface area (Å²) in [5, 5.41) is 4.38. The van der Waals surface area contributed by atoms with Gasteiger partial charge in [-0.3, -0.25) is 0 Å². The molecule has 0 atom stereocenters. The molecule has 0 bridgehead atoms. The van der Waals surface area contributed by atoms with Crippen molar-refractivity contribution < 1.29 is 9.53 Å². The number of carbonyl (C=O) groups excluding carboxylic acids is 1. The highest BCUT2D eigenvalue weighted by Gasteiger charge is 2.10. The van der Waals surface area contributed by atoms with Crippen LogP contribution in [-0.2, 0) is 4.74 Å². The van der Waals surface area contributed by atoms with Crippen LogP contribution in [-0.4, -0.2) is 18.4 Å². The van der Waals surface area contributed by atoms with Gasteiger partial charge in [-0.05, 0) is 29.2 Å². The number of ether oxygens (including phenoxy) is 1. The van der Waals surface area contributed by atoms with E-state index < -0.39 is 6.09 Å². The highest BCUT2D eigenvalue weighted by Crippen LogP contribution is 2.23. The van der Waals surface area contributed by atoms with Gasteiger partial charge in [-0.2, -0.15) is 5.10 Å².